The van der Waals surface area contributed by atoms with Crippen molar-refractivity contribution in [1.29, 1.82) is 0 Å². The van der Waals surface area contributed by atoms with Crippen LogP contribution in [-0.4, -0.2) is 30.6 Å². The predicted octanol–water partition coefficient (Wildman–Crippen LogP) is 3.66. The van der Waals surface area contributed by atoms with Crippen LogP contribution >= 0.6 is 0 Å². The third-order valence-corrected chi connectivity index (χ3v) is 5.32. The Labute approximate surface area is 129 Å². The molecule has 1 saturated heterocycles. The molecule has 2 fully saturated rings. The molecule has 1 aliphatic carbocycles. The maximum absolute atomic E-state index is 3.82. The minimum absolute atomic E-state index is 0.712. The molecule has 0 spiro atoms. The minimum atomic E-state index is 0.712. The normalized spacial score (nSPS) is 24.0. The van der Waals surface area contributed by atoms with E-state index < -0.39 is 0 Å². The van der Waals surface area contributed by atoms with Crippen molar-refractivity contribution in [3.63, 3.8) is 0 Å². The van der Waals surface area contributed by atoms with Crippen LogP contribution in [0.5, 0.6) is 0 Å². The Bertz CT molecular complexity index is 465. The monoisotopic (exact) mass is 286 g/mol. The Morgan fingerprint density at radius 1 is 1.14 bits per heavy atom. The van der Waals surface area contributed by atoms with Gasteiger partial charge in [-0.05, 0) is 69.7 Å². The first-order valence-corrected chi connectivity index (χ1v) is 8.72. The molecule has 0 aromatic heterocycles. The quantitative estimate of drug-likeness (QED) is 0.888. The number of hydrogen-bond donors (Lipinski definition) is 1. The molecule has 1 aromatic carbocycles. The van der Waals surface area contributed by atoms with E-state index in [1.54, 1.807) is 0 Å². The molecule has 3 rings (SSSR count). The molecule has 2 nitrogen and oxygen atoms in total. The first kappa shape index (κ1) is 15.1. The summed E-state index contributed by atoms with van der Waals surface area (Å²) in [4.78, 5) is 2.64. The molecule has 1 saturated carbocycles. The second kappa shape index (κ2) is 6.93. The van der Waals surface area contributed by atoms with Crippen molar-refractivity contribution in [3.8, 4) is 0 Å². The fraction of sp³-hybridized carbons (Fsp3) is 0.684. The third kappa shape index (κ3) is 4.08. The smallest absolute Gasteiger partial charge is 0.0237 e. The highest BCUT2D eigenvalue weighted by Crippen LogP contribution is 2.26. The van der Waals surface area contributed by atoms with Crippen molar-refractivity contribution in [2.45, 2.75) is 58.5 Å². The third-order valence-electron chi connectivity index (χ3n) is 5.32. The molecule has 0 radical (unpaired) electrons. The van der Waals surface area contributed by atoms with E-state index in [9.17, 15) is 0 Å². The van der Waals surface area contributed by atoms with Gasteiger partial charge in [-0.2, -0.15) is 0 Å². The van der Waals surface area contributed by atoms with Gasteiger partial charge < -0.3 is 5.32 Å². The van der Waals surface area contributed by atoms with E-state index in [4.69, 9.17) is 0 Å². The van der Waals surface area contributed by atoms with Gasteiger partial charge in [0.25, 0.3) is 0 Å². The molecule has 1 aliphatic heterocycles. The van der Waals surface area contributed by atoms with Gasteiger partial charge in [-0.15, -0.1) is 0 Å². The number of aryl methyl sites for hydroxylation is 2. The lowest BCUT2D eigenvalue weighted by molar-refractivity contribution is 0.173. The van der Waals surface area contributed by atoms with E-state index in [1.807, 2.05) is 0 Å². The highest BCUT2D eigenvalue weighted by molar-refractivity contribution is 5.30. The summed E-state index contributed by atoms with van der Waals surface area (Å²) in [5.41, 5.74) is 4.33. The lowest BCUT2D eigenvalue weighted by atomic mass is 9.85. The molecule has 21 heavy (non-hydrogen) atoms. The van der Waals surface area contributed by atoms with Gasteiger partial charge in [0.1, 0.15) is 0 Å². The molecule has 1 N–H and O–H groups in total. The van der Waals surface area contributed by atoms with Gasteiger partial charge in [-0.1, -0.05) is 30.2 Å². The van der Waals surface area contributed by atoms with Crippen LogP contribution in [0.15, 0.2) is 18.2 Å². The highest BCUT2D eigenvalue weighted by Gasteiger charge is 2.23. The van der Waals surface area contributed by atoms with Crippen LogP contribution in [0.25, 0.3) is 0 Å². The second-order valence-corrected chi connectivity index (χ2v) is 7.21. The maximum Gasteiger partial charge on any atom is 0.0237 e. The molecule has 0 amide bonds. The molecule has 1 aromatic rings. The average molecular weight is 286 g/mol. The minimum Gasteiger partial charge on any atom is -0.312 e. The zero-order valence-corrected chi connectivity index (χ0v) is 13.7. The lowest BCUT2D eigenvalue weighted by Crippen LogP contribution is -2.47. The molecule has 2 heteroatoms. The molecule has 116 valence electrons. The number of benzene rings is 1. The van der Waals surface area contributed by atoms with Crippen molar-refractivity contribution >= 4 is 0 Å². The van der Waals surface area contributed by atoms with E-state index >= 15 is 0 Å². The number of nitrogens with one attached hydrogen (secondary N) is 1. The second-order valence-electron chi connectivity index (χ2n) is 7.21. The zero-order valence-electron chi connectivity index (χ0n) is 13.7. The Balaban J connectivity index is 1.51. The summed E-state index contributed by atoms with van der Waals surface area (Å²) < 4.78 is 0. The number of hydrogen-bond acceptors (Lipinski definition) is 2. The van der Waals surface area contributed by atoms with Crippen LogP contribution in [0, 0.1) is 19.8 Å². The first-order chi connectivity index (χ1) is 10.2. The fourth-order valence-electron chi connectivity index (χ4n) is 3.61. The molecule has 1 atom stereocenters. The molecule has 2 aliphatic rings. The van der Waals surface area contributed by atoms with Crippen molar-refractivity contribution in [3.05, 3.63) is 34.9 Å². The number of piperidine rings is 1. The van der Waals surface area contributed by atoms with Crippen molar-refractivity contribution in [2.24, 2.45) is 5.92 Å². The first-order valence-electron chi connectivity index (χ1n) is 8.72. The number of likely N-dealkylation sites (tertiary alicyclic amines) is 1. The molecule has 0 bridgehead atoms. The summed E-state index contributed by atoms with van der Waals surface area (Å²) in [6.45, 7) is 9.29. The Kier molecular flexibility index (Phi) is 4.97. The SMILES string of the molecule is Cc1ccc(C)c(CN2CCCC(NCC3CCC3)C2)c1. The maximum atomic E-state index is 3.82. The largest absolute Gasteiger partial charge is 0.312 e. The van der Waals surface area contributed by atoms with Crippen LogP contribution in [-0.2, 0) is 6.54 Å². The van der Waals surface area contributed by atoms with Gasteiger partial charge in [0.05, 0.1) is 0 Å². The summed E-state index contributed by atoms with van der Waals surface area (Å²) in [5.74, 6) is 0.972. The van der Waals surface area contributed by atoms with Crippen molar-refractivity contribution in [2.75, 3.05) is 19.6 Å². The molecule has 1 unspecified atom stereocenters. The van der Waals surface area contributed by atoms with Gasteiger partial charge in [-0.3, -0.25) is 4.90 Å². The van der Waals surface area contributed by atoms with E-state index in [1.165, 1.54) is 68.4 Å². The summed E-state index contributed by atoms with van der Waals surface area (Å²) in [7, 11) is 0. The summed E-state index contributed by atoms with van der Waals surface area (Å²) in [6.07, 6.45) is 7.05. The van der Waals surface area contributed by atoms with Crippen LogP contribution in [0.4, 0.5) is 0 Å². The summed E-state index contributed by atoms with van der Waals surface area (Å²) in [5, 5.41) is 3.82. The standard InChI is InChI=1S/C19H30N2/c1-15-8-9-16(2)18(11-15)13-21-10-4-7-19(14-21)20-12-17-5-3-6-17/h8-9,11,17,19-20H,3-7,10,12-14H2,1-2H3. The summed E-state index contributed by atoms with van der Waals surface area (Å²) in [6, 6.07) is 7.56. The van der Waals surface area contributed by atoms with Crippen LogP contribution < -0.4 is 5.32 Å². The van der Waals surface area contributed by atoms with Gasteiger partial charge in [-0.25, -0.2) is 0 Å². The van der Waals surface area contributed by atoms with Crippen LogP contribution in [0.1, 0.15) is 48.8 Å². The zero-order chi connectivity index (χ0) is 14.7. The van der Waals surface area contributed by atoms with E-state index in [0.29, 0.717) is 6.04 Å². The van der Waals surface area contributed by atoms with E-state index in [-0.39, 0.29) is 0 Å². The van der Waals surface area contributed by atoms with Crippen molar-refractivity contribution < 1.29 is 0 Å². The molecular weight excluding hydrogens is 256 g/mol. The van der Waals surface area contributed by atoms with Crippen LogP contribution in [0.2, 0.25) is 0 Å². The number of nitrogens with zero attached hydrogens (tertiary/aromatic N) is 1. The van der Waals surface area contributed by atoms with E-state index in [0.717, 1.165) is 12.5 Å². The predicted molar refractivity (Wildman–Crippen MR) is 89.6 cm³/mol. The van der Waals surface area contributed by atoms with Crippen molar-refractivity contribution in [1.82, 2.24) is 10.2 Å². The van der Waals surface area contributed by atoms with Gasteiger partial charge >= 0.3 is 0 Å². The fourth-order valence-corrected chi connectivity index (χ4v) is 3.61. The van der Waals surface area contributed by atoms with Gasteiger partial charge in [0.2, 0.25) is 0 Å². The Morgan fingerprint density at radius 3 is 2.76 bits per heavy atom. The Morgan fingerprint density at radius 2 is 2.00 bits per heavy atom. The number of rotatable bonds is 5. The highest BCUT2D eigenvalue weighted by atomic mass is 15.2. The van der Waals surface area contributed by atoms with Gasteiger partial charge in [0, 0.05) is 19.1 Å². The average Bonchev–Trinajstić information content (AvgIpc) is 2.42. The molecular formula is C19H30N2. The van der Waals surface area contributed by atoms with E-state index in [2.05, 4.69) is 42.3 Å². The topological polar surface area (TPSA) is 15.3 Å². The lowest BCUT2D eigenvalue weighted by Gasteiger charge is -2.35. The Hall–Kier alpha value is -0.860. The van der Waals surface area contributed by atoms with Gasteiger partial charge in [0.15, 0.2) is 0 Å². The molecule has 1 heterocycles. The summed E-state index contributed by atoms with van der Waals surface area (Å²) >= 11 is 0. The van der Waals surface area contributed by atoms with Crippen LogP contribution in [0.3, 0.4) is 0 Å².